The van der Waals surface area contributed by atoms with Gasteiger partial charge in [-0.15, -0.1) is 0 Å². The van der Waals surface area contributed by atoms with Crippen LogP contribution in [-0.2, 0) is 0 Å². The van der Waals surface area contributed by atoms with Crippen LogP contribution in [0.5, 0.6) is 5.75 Å². The SMILES string of the molecule is C[Si](C)(C)Oc1ccc(Cl)nc1. The van der Waals surface area contributed by atoms with Crippen LogP contribution in [0.2, 0.25) is 24.8 Å². The van der Waals surface area contributed by atoms with Crippen LogP contribution in [0.25, 0.3) is 0 Å². The van der Waals surface area contributed by atoms with E-state index in [1.54, 1.807) is 12.3 Å². The van der Waals surface area contributed by atoms with E-state index in [0.717, 1.165) is 5.75 Å². The Bertz CT molecular complexity index is 255. The Balaban J connectivity index is 2.71. The maximum atomic E-state index is 5.67. The first kappa shape index (κ1) is 9.54. The summed E-state index contributed by atoms with van der Waals surface area (Å²) >= 11 is 5.63. The zero-order valence-corrected chi connectivity index (χ0v) is 9.22. The highest BCUT2D eigenvalue weighted by molar-refractivity contribution is 6.70. The van der Waals surface area contributed by atoms with E-state index < -0.39 is 8.32 Å². The Morgan fingerprint density at radius 2 is 2.00 bits per heavy atom. The van der Waals surface area contributed by atoms with Gasteiger partial charge in [-0.3, -0.25) is 0 Å². The summed E-state index contributed by atoms with van der Waals surface area (Å²) in [5.41, 5.74) is 0. The monoisotopic (exact) mass is 201 g/mol. The Hall–Kier alpha value is -0.543. The molecule has 0 saturated carbocycles. The molecule has 1 heterocycles. The minimum absolute atomic E-state index is 0.498. The summed E-state index contributed by atoms with van der Waals surface area (Å²) in [5.74, 6) is 0.804. The molecule has 0 aliphatic carbocycles. The fraction of sp³-hybridized carbons (Fsp3) is 0.375. The molecule has 0 aliphatic heterocycles. The molecule has 66 valence electrons. The number of hydrogen-bond donors (Lipinski definition) is 0. The van der Waals surface area contributed by atoms with Gasteiger partial charge in [0.1, 0.15) is 10.9 Å². The molecule has 0 fully saturated rings. The summed E-state index contributed by atoms with van der Waals surface area (Å²) < 4.78 is 5.67. The van der Waals surface area contributed by atoms with E-state index in [0.29, 0.717) is 5.15 Å². The van der Waals surface area contributed by atoms with Crippen LogP contribution in [0.4, 0.5) is 0 Å². The molecule has 12 heavy (non-hydrogen) atoms. The molecular weight excluding hydrogens is 190 g/mol. The molecule has 0 amide bonds. The molecule has 0 N–H and O–H groups in total. The zero-order chi connectivity index (χ0) is 9.19. The first-order valence-corrected chi connectivity index (χ1v) is 7.56. The maximum Gasteiger partial charge on any atom is 0.242 e. The van der Waals surface area contributed by atoms with Crippen molar-refractivity contribution in [2.24, 2.45) is 0 Å². The summed E-state index contributed by atoms with van der Waals surface area (Å²) in [6, 6.07) is 3.57. The first-order chi connectivity index (χ1) is 5.47. The van der Waals surface area contributed by atoms with Crippen LogP contribution >= 0.6 is 11.6 Å². The van der Waals surface area contributed by atoms with Gasteiger partial charge in [-0.05, 0) is 31.8 Å². The quantitative estimate of drug-likeness (QED) is 0.542. The largest absolute Gasteiger partial charge is 0.543 e. The van der Waals surface area contributed by atoms with Crippen molar-refractivity contribution in [3.05, 3.63) is 23.5 Å². The second-order valence-corrected chi connectivity index (χ2v) is 8.35. The van der Waals surface area contributed by atoms with Crippen molar-refractivity contribution >= 4 is 19.9 Å². The Labute approximate surface area is 78.7 Å². The van der Waals surface area contributed by atoms with Crippen LogP contribution < -0.4 is 4.43 Å². The lowest BCUT2D eigenvalue weighted by atomic mass is 10.5. The molecule has 0 radical (unpaired) electrons. The lowest BCUT2D eigenvalue weighted by Crippen LogP contribution is -2.29. The number of hydrogen-bond acceptors (Lipinski definition) is 2. The van der Waals surface area contributed by atoms with Gasteiger partial charge in [0.25, 0.3) is 0 Å². The lowest BCUT2D eigenvalue weighted by Gasteiger charge is -2.18. The Morgan fingerprint density at radius 3 is 2.42 bits per heavy atom. The van der Waals surface area contributed by atoms with Crippen molar-refractivity contribution in [3.63, 3.8) is 0 Å². The van der Waals surface area contributed by atoms with E-state index in [1.165, 1.54) is 0 Å². The number of rotatable bonds is 2. The van der Waals surface area contributed by atoms with Gasteiger partial charge in [0.05, 0.1) is 6.20 Å². The molecule has 0 unspecified atom stereocenters. The van der Waals surface area contributed by atoms with E-state index >= 15 is 0 Å². The van der Waals surface area contributed by atoms with Gasteiger partial charge in [-0.2, -0.15) is 0 Å². The molecule has 1 aromatic rings. The smallest absolute Gasteiger partial charge is 0.242 e. The van der Waals surface area contributed by atoms with E-state index in [1.807, 2.05) is 6.07 Å². The second kappa shape index (κ2) is 3.45. The molecule has 0 atom stereocenters. The Kier molecular flexibility index (Phi) is 2.75. The highest BCUT2D eigenvalue weighted by Gasteiger charge is 2.15. The van der Waals surface area contributed by atoms with E-state index in [2.05, 4.69) is 24.6 Å². The zero-order valence-electron chi connectivity index (χ0n) is 7.47. The highest BCUT2D eigenvalue weighted by atomic mass is 35.5. The fourth-order valence-electron chi connectivity index (χ4n) is 0.776. The summed E-state index contributed by atoms with van der Waals surface area (Å²) in [5, 5.41) is 0.498. The number of halogens is 1. The van der Waals surface area contributed by atoms with Crippen molar-refractivity contribution in [3.8, 4) is 5.75 Å². The second-order valence-electron chi connectivity index (χ2n) is 3.53. The molecule has 1 rings (SSSR count). The minimum Gasteiger partial charge on any atom is -0.543 e. The first-order valence-electron chi connectivity index (χ1n) is 3.78. The summed E-state index contributed by atoms with van der Waals surface area (Å²) in [6.45, 7) is 6.38. The van der Waals surface area contributed by atoms with Gasteiger partial charge >= 0.3 is 0 Å². The average molecular weight is 202 g/mol. The van der Waals surface area contributed by atoms with Crippen molar-refractivity contribution in [2.45, 2.75) is 19.6 Å². The summed E-state index contributed by atoms with van der Waals surface area (Å²) in [4.78, 5) is 3.93. The number of pyridine rings is 1. The van der Waals surface area contributed by atoms with Gasteiger partial charge in [-0.1, -0.05) is 11.6 Å². The Morgan fingerprint density at radius 1 is 1.33 bits per heavy atom. The van der Waals surface area contributed by atoms with E-state index in [9.17, 15) is 0 Å². The standard InChI is InChI=1S/C8H12ClNOSi/c1-12(2,3)11-7-4-5-8(9)10-6-7/h4-6H,1-3H3. The third kappa shape index (κ3) is 3.24. The summed E-state index contributed by atoms with van der Waals surface area (Å²) in [7, 11) is -1.50. The van der Waals surface area contributed by atoms with Crippen molar-refractivity contribution in [2.75, 3.05) is 0 Å². The molecule has 0 bridgehead atoms. The molecular formula is C8H12ClNOSi. The third-order valence-corrected chi connectivity index (χ3v) is 2.20. The molecule has 0 spiro atoms. The minimum atomic E-state index is -1.50. The average Bonchev–Trinajstić information content (AvgIpc) is 1.91. The van der Waals surface area contributed by atoms with Crippen LogP contribution in [0, 0.1) is 0 Å². The van der Waals surface area contributed by atoms with Crippen molar-refractivity contribution in [1.29, 1.82) is 0 Å². The van der Waals surface area contributed by atoms with Gasteiger partial charge in [-0.25, -0.2) is 4.98 Å². The lowest BCUT2D eigenvalue weighted by molar-refractivity contribution is 0.554. The molecule has 1 aromatic heterocycles. The van der Waals surface area contributed by atoms with Crippen LogP contribution in [0.15, 0.2) is 18.3 Å². The van der Waals surface area contributed by atoms with Crippen molar-refractivity contribution in [1.82, 2.24) is 4.98 Å². The predicted octanol–water partition coefficient (Wildman–Crippen LogP) is 2.95. The van der Waals surface area contributed by atoms with Gasteiger partial charge < -0.3 is 4.43 Å². The maximum absolute atomic E-state index is 5.67. The third-order valence-electron chi connectivity index (χ3n) is 1.12. The molecule has 0 aromatic carbocycles. The topological polar surface area (TPSA) is 22.1 Å². The van der Waals surface area contributed by atoms with Gasteiger partial charge in [0.2, 0.25) is 8.32 Å². The van der Waals surface area contributed by atoms with Crippen molar-refractivity contribution < 1.29 is 4.43 Å². The highest BCUT2D eigenvalue weighted by Crippen LogP contribution is 2.16. The summed E-state index contributed by atoms with van der Waals surface area (Å²) in [6.07, 6.45) is 1.65. The fourth-order valence-corrected chi connectivity index (χ4v) is 1.72. The molecule has 0 saturated heterocycles. The molecule has 4 heteroatoms. The normalized spacial score (nSPS) is 11.3. The molecule has 2 nitrogen and oxygen atoms in total. The molecule has 0 aliphatic rings. The predicted molar refractivity (Wildman–Crippen MR) is 53.2 cm³/mol. The van der Waals surface area contributed by atoms with Crippen LogP contribution in [-0.4, -0.2) is 13.3 Å². The van der Waals surface area contributed by atoms with E-state index in [-0.39, 0.29) is 0 Å². The number of aromatic nitrogens is 1. The van der Waals surface area contributed by atoms with E-state index in [4.69, 9.17) is 16.0 Å². The van der Waals surface area contributed by atoms with Gasteiger partial charge in [0.15, 0.2) is 0 Å². The number of nitrogens with zero attached hydrogens (tertiary/aromatic N) is 1. The van der Waals surface area contributed by atoms with Crippen LogP contribution in [0.1, 0.15) is 0 Å². The van der Waals surface area contributed by atoms with Gasteiger partial charge in [0, 0.05) is 0 Å². The van der Waals surface area contributed by atoms with Crippen LogP contribution in [0.3, 0.4) is 0 Å².